The van der Waals surface area contributed by atoms with Gasteiger partial charge in [-0.2, -0.15) is 0 Å². The van der Waals surface area contributed by atoms with Gasteiger partial charge in [-0.25, -0.2) is 13.4 Å². The molecule has 0 saturated heterocycles. The van der Waals surface area contributed by atoms with Crippen LogP contribution in [-0.4, -0.2) is 41.5 Å². The van der Waals surface area contributed by atoms with E-state index in [0.29, 0.717) is 11.5 Å². The third kappa shape index (κ3) is 2.59. The van der Waals surface area contributed by atoms with E-state index in [4.69, 9.17) is 4.65 Å². The van der Waals surface area contributed by atoms with E-state index in [-0.39, 0.29) is 17.1 Å². The summed E-state index contributed by atoms with van der Waals surface area (Å²) in [5.41, 5.74) is 2.82. The molecule has 0 bridgehead atoms. The van der Waals surface area contributed by atoms with Crippen molar-refractivity contribution < 1.29 is 18.1 Å². The quantitative estimate of drug-likeness (QED) is 0.816. The number of aromatic nitrogens is 2. The van der Waals surface area contributed by atoms with Crippen LogP contribution in [0.4, 0.5) is 0 Å². The first-order chi connectivity index (χ1) is 12.0. The Balaban J connectivity index is 1.41. The van der Waals surface area contributed by atoms with Gasteiger partial charge in [0, 0.05) is 17.1 Å². The minimum atomic E-state index is -2.91. The van der Waals surface area contributed by atoms with Crippen LogP contribution in [-0.2, 0) is 9.84 Å². The molecule has 2 saturated carbocycles. The fourth-order valence-electron chi connectivity index (χ4n) is 4.14. The third-order valence-corrected chi connectivity index (χ3v) is 8.01. The maximum atomic E-state index is 12.2. The molecule has 1 aliphatic heterocycles. The van der Waals surface area contributed by atoms with Gasteiger partial charge in [0.2, 0.25) is 0 Å². The van der Waals surface area contributed by atoms with Crippen LogP contribution in [0.15, 0.2) is 24.4 Å². The van der Waals surface area contributed by atoms with E-state index in [1.807, 2.05) is 12.3 Å². The van der Waals surface area contributed by atoms with Crippen molar-refractivity contribution >= 4 is 33.6 Å². The molecule has 0 spiro atoms. The average Bonchev–Trinajstić information content (AvgIpc) is 3.29. The normalized spacial score (nSPS) is 26.0. The summed E-state index contributed by atoms with van der Waals surface area (Å²) < 4.78 is 29.9. The lowest BCUT2D eigenvalue weighted by Crippen LogP contribution is -2.34. The Bertz CT molecular complexity index is 974. The third-order valence-electron chi connectivity index (χ3n) is 5.59. The lowest BCUT2D eigenvalue weighted by Gasteiger charge is -2.38. The molecule has 2 fully saturated rings. The summed E-state index contributed by atoms with van der Waals surface area (Å²) in [6, 6.07) is 1.96. The number of aromatic amines is 1. The highest BCUT2D eigenvalue weighted by molar-refractivity contribution is 7.92. The number of hydrogen-bond donors (Lipinski definition) is 2. The average molecular weight is 358 g/mol. The van der Waals surface area contributed by atoms with Crippen molar-refractivity contribution in [3.63, 3.8) is 0 Å². The van der Waals surface area contributed by atoms with Gasteiger partial charge in [-0.3, -0.25) is 0 Å². The molecule has 6 nitrogen and oxygen atoms in total. The predicted molar refractivity (Wildman–Crippen MR) is 95.7 cm³/mol. The summed E-state index contributed by atoms with van der Waals surface area (Å²) in [7, 11) is -3.88. The fourth-order valence-corrected chi connectivity index (χ4v) is 6.19. The van der Waals surface area contributed by atoms with E-state index >= 15 is 0 Å². The van der Waals surface area contributed by atoms with Gasteiger partial charge < -0.3 is 14.7 Å². The predicted octanol–water partition coefficient (Wildman–Crippen LogP) is 1.96. The smallest absolute Gasteiger partial charge is 0.531 e. The Hall–Kier alpha value is -1.80. The van der Waals surface area contributed by atoms with E-state index in [9.17, 15) is 13.4 Å². The second kappa shape index (κ2) is 5.35. The number of hydrogen-bond acceptors (Lipinski definition) is 5. The lowest BCUT2D eigenvalue weighted by molar-refractivity contribution is 0.272. The number of H-pyrrole nitrogens is 1. The molecule has 2 aromatic heterocycles. The van der Waals surface area contributed by atoms with Crippen LogP contribution < -0.4 is 4.65 Å². The molecule has 0 radical (unpaired) electrons. The molecule has 8 heteroatoms. The van der Waals surface area contributed by atoms with Gasteiger partial charge in [0.25, 0.3) is 0 Å². The Kier molecular flexibility index (Phi) is 3.31. The van der Waals surface area contributed by atoms with Crippen LogP contribution in [0.1, 0.15) is 31.2 Å². The van der Waals surface area contributed by atoms with Gasteiger partial charge in [0.1, 0.15) is 11.4 Å². The minimum Gasteiger partial charge on any atom is -0.531 e. The maximum absolute atomic E-state index is 12.2. The van der Waals surface area contributed by atoms with E-state index in [0.717, 1.165) is 47.9 Å². The van der Waals surface area contributed by atoms with Gasteiger partial charge in [-0.05, 0) is 55.1 Å². The standard InChI is InChI=1S/C17H19BN2O4S/c21-18-7-14(11-5-10(6-11)9-25(22,23)12-1-2-12)16-13-3-4-19-17(13)20-8-15(16)24-18/h3-4,7-8,10-12,21H,1-2,5-6,9H2,(H,19,20). The van der Waals surface area contributed by atoms with Crippen molar-refractivity contribution in [1.29, 1.82) is 0 Å². The fraction of sp³-hybridized carbons (Fsp3) is 0.471. The number of pyridine rings is 1. The molecule has 0 atom stereocenters. The molecule has 3 aliphatic rings. The van der Waals surface area contributed by atoms with Crippen molar-refractivity contribution in [2.24, 2.45) is 11.8 Å². The highest BCUT2D eigenvalue weighted by atomic mass is 32.2. The van der Waals surface area contributed by atoms with Crippen molar-refractivity contribution in [1.82, 2.24) is 9.97 Å². The summed E-state index contributed by atoms with van der Waals surface area (Å²) in [6.07, 6.45) is 6.83. The molecule has 0 amide bonds. The first-order valence-corrected chi connectivity index (χ1v) is 10.5. The minimum absolute atomic E-state index is 0.0815. The SMILES string of the molecule is O=S(=O)(CC1CC(C2=CB(O)Oc3cnc4[nH]ccc4c32)C1)C1CC1. The summed E-state index contributed by atoms with van der Waals surface area (Å²) in [6.45, 7) is 0. The molecule has 0 unspecified atom stereocenters. The van der Waals surface area contributed by atoms with Crippen molar-refractivity contribution in [2.45, 2.75) is 30.9 Å². The molecular weight excluding hydrogens is 339 g/mol. The first kappa shape index (κ1) is 15.5. The lowest BCUT2D eigenvalue weighted by atomic mass is 9.66. The first-order valence-electron chi connectivity index (χ1n) is 8.76. The van der Waals surface area contributed by atoms with Gasteiger partial charge in [-0.1, -0.05) is 0 Å². The Labute approximate surface area is 146 Å². The van der Waals surface area contributed by atoms with Gasteiger partial charge in [0.15, 0.2) is 9.84 Å². The highest BCUT2D eigenvalue weighted by Gasteiger charge is 2.42. The molecule has 130 valence electrons. The number of sulfone groups is 1. The second-order valence-corrected chi connectivity index (χ2v) is 9.76. The van der Waals surface area contributed by atoms with E-state index < -0.39 is 17.0 Å². The molecule has 25 heavy (non-hydrogen) atoms. The van der Waals surface area contributed by atoms with Crippen LogP contribution >= 0.6 is 0 Å². The number of fused-ring (bicyclic) bond motifs is 3. The number of nitrogens with one attached hydrogen (secondary N) is 1. The topological polar surface area (TPSA) is 92.3 Å². The zero-order valence-electron chi connectivity index (χ0n) is 13.7. The molecule has 3 heterocycles. The monoisotopic (exact) mass is 358 g/mol. The maximum Gasteiger partial charge on any atom is 0.552 e. The number of nitrogens with zero attached hydrogens (tertiary/aromatic N) is 1. The Morgan fingerprint density at radius 1 is 1.36 bits per heavy atom. The van der Waals surface area contributed by atoms with Crippen molar-refractivity contribution in [2.75, 3.05) is 5.75 Å². The van der Waals surface area contributed by atoms with Gasteiger partial charge in [-0.15, -0.1) is 0 Å². The van der Waals surface area contributed by atoms with E-state index in [1.54, 1.807) is 12.2 Å². The Morgan fingerprint density at radius 3 is 2.92 bits per heavy atom. The second-order valence-electron chi connectivity index (χ2n) is 7.43. The van der Waals surface area contributed by atoms with E-state index in [1.165, 1.54) is 0 Å². The molecule has 2 aromatic rings. The zero-order chi connectivity index (χ0) is 17.2. The molecule has 5 rings (SSSR count). The van der Waals surface area contributed by atoms with Crippen LogP contribution in [0.5, 0.6) is 5.75 Å². The van der Waals surface area contributed by atoms with Crippen LogP contribution in [0.2, 0.25) is 0 Å². The molecular formula is C17H19BN2O4S. The summed E-state index contributed by atoms with van der Waals surface area (Å²) in [5, 5.41) is 10.9. The number of allylic oxidation sites excluding steroid dienone is 1. The van der Waals surface area contributed by atoms with Crippen LogP contribution in [0.3, 0.4) is 0 Å². The van der Waals surface area contributed by atoms with E-state index in [2.05, 4.69) is 9.97 Å². The summed E-state index contributed by atoms with van der Waals surface area (Å²) >= 11 is 0. The largest absolute Gasteiger partial charge is 0.552 e. The van der Waals surface area contributed by atoms with Gasteiger partial charge >= 0.3 is 7.12 Å². The van der Waals surface area contributed by atoms with Crippen molar-refractivity contribution in [3.8, 4) is 5.75 Å². The zero-order valence-corrected chi connectivity index (χ0v) is 14.5. The molecule has 2 N–H and O–H groups in total. The highest BCUT2D eigenvalue weighted by Crippen LogP contribution is 2.49. The summed E-state index contributed by atoms with van der Waals surface area (Å²) in [5.74, 6) is 3.14. The Morgan fingerprint density at radius 2 is 2.16 bits per heavy atom. The van der Waals surface area contributed by atoms with Crippen molar-refractivity contribution in [3.05, 3.63) is 30.0 Å². The van der Waals surface area contributed by atoms with Gasteiger partial charge in [0.05, 0.1) is 17.2 Å². The van der Waals surface area contributed by atoms with Crippen LogP contribution in [0, 0.1) is 11.8 Å². The molecule has 0 aromatic carbocycles. The summed E-state index contributed by atoms with van der Waals surface area (Å²) in [4.78, 5) is 7.42. The molecule has 2 aliphatic carbocycles. The van der Waals surface area contributed by atoms with Crippen LogP contribution in [0.25, 0.3) is 16.6 Å². The number of rotatable bonds is 4.